The van der Waals surface area contributed by atoms with Gasteiger partial charge in [0.25, 0.3) is 0 Å². The van der Waals surface area contributed by atoms with E-state index in [1.165, 1.54) is 0 Å². The van der Waals surface area contributed by atoms with Gasteiger partial charge >= 0.3 is 0 Å². The minimum Gasteiger partial charge on any atom is -0.333 e. The summed E-state index contributed by atoms with van der Waals surface area (Å²) in [7, 11) is 0. The zero-order valence-corrected chi connectivity index (χ0v) is 10.5. The van der Waals surface area contributed by atoms with Gasteiger partial charge in [-0.25, -0.2) is 4.98 Å². The lowest BCUT2D eigenvalue weighted by Crippen LogP contribution is -2.32. The van der Waals surface area contributed by atoms with Crippen LogP contribution in [0.3, 0.4) is 0 Å². The highest BCUT2D eigenvalue weighted by molar-refractivity contribution is 5.09. The largest absolute Gasteiger partial charge is 0.333 e. The molecule has 0 saturated heterocycles. The summed E-state index contributed by atoms with van der Waals surface area (Å²) < 4.78 is 2.17. The Bertz CT molecular complexity index is 307. The third-order valence-corrected chi connectivity index (χ3v) is 3.00. The lowest BCUT2D eigenvalue weighted by Gasteiger charge is -2.23. The van der Waals surface area contributed by atoms with Crippen LogP contribution in [0.15, 0.2) is 12.5 Å². The maximum Gasteiger partial charge on any atom is 0.0948 e. The Morgan fingerprint density at radius 1 is 1.40 bits per heavy atom. The summed E-state index contributed by atoms with van der Waals surface area (Å²) >= 11 is 0. The molecule has 1 unspecified atom stereocenters. The molecule has 1 aromatic heterocycles. The van der Waals surface area contributed by atoms with Crippen molar-refractivity contribution in [2.24, 2.45) is 17.6 Å². The maximum absolute atomic E-state index is 6.09. The fourth-order valence-corrected chi connectivity index (χ4v) is 1.52. The Hall–Kier alpha value is -0.830. The molecule has 0 bridgehead atoms. The van der Waals surface area contributed by atoms with Crippen molar-refractivity contribution in [3.05, 3.63) is 18.2 Å². The van der Waals surface area contributed by atoms with Crippen molar-refractivity contribution >= 4 is 0 Å². The number of nitrogens with zero attached hydrogens (tertiary/aromatic N) is 2. The molecule has 0 spiro atoms. The Balaban J connectivity index is 2.83. The quantitative estimate of drug-likeness (QED) is 0.827. The molecule has 1 atom stereocenters. The van der Waals surface area contributed by atoms with Crippen molar-refractivity contribution < 1.29 is 0 Å². The van der Waals surface area contributed by atoms with E-state index >= 15 is 0 Å². The predicted octanol–water partition coefficient (Wildman–Crippen LogP) is 2.37. The molecule has 15 heavy (non-hydrogen) atoms. The lowest BCUT2D eigenvalue weighted by atomic mass is 9.97. The van der Waals surface area contributed by atoms with Gasteiger partial charge in [-0.3, -0.25) is 0 Å². The molecule has 0 aromatic carbocycles. The molecule has 0 amide bonds. The van der Waals surface area contributed by atoms with Crippen molar-refractivity contribution in [2.75, 3.05) is 0 Å². The van der Waals surface area contributed by atoms with Gasteiger partial charge in [0.1, 0.15) is 0 Å². The molecule has 0 aliphatic heterocycles. The molecule has 1 rings (SSSR count). The Morgan fingerprint density at radius 2 is 2.00 bits per heavy atom. The first-order chi connectivity index (χ1) is 6.82. The normalized spacial score (nSPS) is 14.6. The van der Waals surface area contributed by atoms with Gasteiger partial charge in [-0.1, -0.05) is 20.8 Å². The van der Waals surface area contributed by atoms with E-state index in [0.29, 0.717) is 11.8 Å². The van der Waals surface area contributed by atoms with Gasteiger partial charge in [-0.2, -0.15) is 0 Å². The second-order valence-electron chi connectivity index (χ2n) is 5.37. The van der Waals surface area contributed by atoms with E-state index in [0.717, 1.165) is 12.2 Å². The van der Waals surface area contributed by atoms with E-state index in [1.54, 1.807) is 0 Å². The molecular weight excluding hydrogens is 186 g/mol. The van der Waals surface area contributed by atoms with Gasteiger partial charge in [0.15, 0.2) is 0 Å². The standard InChI is InChI=1S/C12H23N3/c1-9(2)10(3)7-15-8-14-6-11(15)12(4,5)13/h6,8-10H,7,13H2,1-5H3. The summed E-state index contributed by atoms with van der Waals surface area (Å²) in [4.78, 5) is 4.18. The predicted molar refractivity (Wildman–Crippen MR) is 63.4 cm³/mol. The summed E-state index contributed by atoms with van der Waals surface area (Å²) in [5.41, 5.74) is 6.89. The average molecular weight is 209 g/mol. The smallest absolute Gasteiger partial charge is 0.0948 e. The number of hydrogen-bond donors (Lipinski definition) is 1. The van der Waals surface area contributed by atoms with Crippen molar-refractivity contribution in [1.82, 2.24) is 9.55 Å². The first kappa shape index (κ1) is 12.2. The van der Waals surface area contributed by atoms with E-state index in [-0.39, 0.29) is 5.54 Å². The number of hydrogen-bond acceptors (Lipinski definition) is 2. The first-order valence-electron chi connectivity index (χ1n) is 5.62. The third kappa shape index (κ3) is 3.06. The minimum absolute atomic E-state index is 0.312. The summed E-state index contributed by atoms with van der Waals surface area (Å²) in [6, 6.07) is 0. The van der Waals surface area contributed by atoms with E-state index in [1.807, 2.05) is 26.4 Å². The molecule has 0 saturated carbocycles. The van der Waals surface area contributed by atoms with Gasteiger partial charge in [0.2, 0.25) is 0 Å². The second kappa shape index (κ2) is 4.35. The van der Waals surface area contributed by atoms with E-state index in [2.05, 4.69) is 30.3 Å². The second-order valence-corrected chi connectivity index (χ2v) is 5.37. The van der Waals surface area contributed by atoms with Crippen molar-refractivity contribution in [2.45, 2.75) is 46.7 Å². The van der Waals surface area contributed by atoms with Crippen LogP contribution in [-0.2, 0) is 12.1 Å². The molecule has 2 N–H and O–H groups in total. The summed E-state index contributed by atoms with van der Waals surface area (Å²) in [6.45, 7) is 11.8. The fraction of sp³-hybridized carbons (Fsp3) is 0.750. The molecule has 1 heterocycles. The number of nitrogens with two attached hydrogens (primary N) is 1. The van der Waals surface area contributed by atoms with Crippen LogP contribution in [-0.4, -0.2) is 9.55 Å². The van der Waals surface area contributed by atoms with Crippen molar-refractivity contribution in [1.29, 1.82) is 0 Å². The van der Waals surface area contributed by atoms with Crippen molar-refractivity contribution in [3.8, 4) is 0 Å². The van der Waals surface area contributed by atoms with Crippen molar-refractivity contribution in [3.63, 3.8) is 0 Å². The zero-order chi connectivity index (χ0) is 11.6. The summed E-state index contributed by atoms with van der Waals surface area (Å²) in [5.74, 6) is 1.32. The van der Waals surface area contributed by atoms with Crippen LogP contribution < -0.4 is 5.73 Å². The number of aromatic nitrogens is 2. The molecule has 0 fully saturated rings. The zero-order valence-electron chi connectivity index (χ0n) is 10.5. The summed E-state index contributed by atoms with van der Waals surface area (Å²) in [6.07, 6.45) is 3.75. The van der Waals surface area contributed by atoms with Gasteiger partial charge in [-0.05, 0) is 25.7 Å². The Kier molecular flexibility index (Phi) is 3.55. The molecule has 0 radical (unpaired) electrons. The lowest BCUT2D eigenvalue weighted by molar-refractivity contribution is 0.349. The van der Waals surface area contributed by atoms with Gasteiger partial charge < -0.3 is 10.3 Å². The van der Waals surface area contributed by atoms with Crippen LogP contribution in [0.4, 0.5) is 0 Å². The topological polar surface area (TPSA) is 43.8 Å². The maximum atomic E-state index is 6.09. The average Bonchev–Trinajstić information content (AvgIpc) is 2.50. The van der Waals surface area contributed by atoms with Gasteiger partial charge in [-0.15, -0.1) is 0 Å². The highest BCUT2D eigenvalue weighted by Gasteiger charge is 2.20. The highest BCUT2D eigenvalue weighted by atomic mass is 15.1. The molecule has 1 aromatic rings. The molecule has 3 heteroatoms. The molecule has 0 aliphatic carbocycles. The third-order valence-electron chi connectivity index (χ3n) is 3.00. The fourth-order valence-electron chi connectivity index (χ4n) is 1.52. The SMILES string of the molecule is CC(C)C(C)Cn1cncc1C(C)(C)N. The highest BCUT2D eigenvalue weighted by Crippen LogP contribution is 2.19. The van der Waals surface area contributed by atoms with Crippen LogP contribution >= 0.6 is 0 Å². The van der Waals surface area contributed by atoms with Crippen LogP contribution in [0.2, 0.25) is 0 Å². The van der Waals surface area contributed by atoms with E-state index < -0.39 is 0 Å². The monoisotopic (exact) mass is 209 g/mol. The van der Waals surface area contributed by atoms with Crippen LogP contribution in [0, 0.1) is 11.8 Å². The van der Waals surface area contributed by atoms with E-state index in [4.69, 9.17) is 5.73 Å². The molecule has 3 nitrogen and oxygen atoms in total. The molecule has 0 aliphatic rings. The number of imidazole rings is 1. The minimum atomic E-state index is -0.312. The van der Waals surface area contributed by atoms with E-state index in [9.17, 15) is 0 Å². The van der Waals surface area contributed by atoms with Gasteiger partial charge in [0, 0.05) is 12.7 Å². The first-order valence-corrected chi connectivity index (χ1v) is 5.62. The van der Waals surface area contributed by atoms with Crippen LogP contribution in [0.1, 0.15) is 40.3 Å². The molecular formula is C12H23N3. The Morgan fingerprint density at radius 3 is 2.47 bits per heavy atom. The Labute approximate surface area is 92.7 Å². The molecule has 86 valence electrons. The van der Waals surface area contributed by atoms with Crippen LogP contribution in [0.5, 0.6) is 0 Å². The van der Waals surface area contributed by atoms with Gasteiger partial charge in [0.05, 0.1) is 17.6 Å². The summed E-state index contributed by atoms with van der Waals surface area (Å²) in [5, 5.41) is 0. The number of rotatable bonds is 4. The van der Waals surface area contributed by atoms with Crippen LogP contribution in [0.25, 0.3) is 0 Å².